The number of nitrogens with two attached hydrogens (primary N) is 1. The lowest BCUT2D eigenvalue weighted by Gasteiger charge is -2.40. The molecule has 0 atom stereocenters. The van der Waals surface area contributed by atoms with Gasteiger partial charge in [-0.1, -0.05) is 35.0 Å². The molecular formula is C21H24ClN5S. The molecule has 3 heterocycles. The fourth-order valence-electron chi connectivity index (χ4n) is 4.44. The normalized spacial score (nSPS) is 21.2. The lowest BCUT2D eigenvalue weighted by atomic mass is 9.75. The third-order valence-electron chi connectivity index (χ3n) is 6.34. The number of hydrogen-bond donors (Lipinski definition) is 1. The van der Waals surface area contributed by atoms with E-state index < -0.39 is 0 Å². The van der Waals surface area contributed by atoms with Crippen LogP contribution in [0.3, 0.4) is 0 Å². The number of aromatic nitrogens is 3. The first-order chi connectivity index (χ1) is 13.6. The highest BCUT2D eigenvalue weighted by atomic mass is 35.5. The van der Waals surface area contributed by atoms with Gasteiger partial charge in [-0.05, 0) is 55.9 Å². The summed E-state index contributed by atoms with van der Waals surface area (Å²) in [6, 6.07) is 1.84. The van der Waals surface area contributed by atoms with E-state index in [1.54, 1.807) is 11.8 Å². The lowest BCUT2D eigenvalue weighted by molar-refractivity contribution is 0.231. The van der Waals surface area contributed by atoms with Crippen LogP contribution in [0.15, 0.2) is 46.2 Å². The van der Waals surface area contributed by atoms with Crippen molar-refractivity contribution in [2.75, 3.05) is 23.7 Å². The van der Waals surface area contributed by atoms with Crippen molar-refractivity contribution in [3.8, 4) is 0 Å². The van der Waals surface area contributed by atoms with E-state index in [-0.39, 0.29) is 0 Å². The molecule has 0 bridgehead atoms. The minimum absolute atomic E-state index is 0.338. The Labute approximate surface area is 174 Å². The number of allylic oxidation sites excluding steroid dienone is 2. The number of nitrogens with zero attached hydrogens (tertiary/aromatic N) is 4. The van der Waals surface area contributed by atoms with Crippen LogP contribution >= 0.6 is 23.4 Å². The van der Waals surface area contributed by atoms with Crippen LogP contribution in [0, 0.1) is 11.3 Å². The largest absolute Gasteiger partial charge is 0.382 e. The van der Waals surface area contributed by atoms with E-state index in [2.05, 4.69) is 25.9 Å². The first-order valence-corrected chi connectivity index (χ1v) is 11.2. The van der Waals surface area contributed by atoms with Crippen LogP contribution in [0.2, 0.25) is 5.02 Å². The van der Waals surface area contributed by atoms with Gasteiger partial charge in [-0.3, -0.25) is 0 Å². The first-order valence-electron chi connectivity index (χ1n) is 9.96. The summed E-state index contributed by atoms with van der Waals surface area (Å²) in [5.41, 5.74) is 8.05. The molecule has 28 heavy (non-hydrogen) atoms. The van der Waals surface area contributed by atoms with Gasteiger partial charge < -0.3 is 10.6 Å². The lowest BCUT2D eigenvalue weighted by Crippen LogP contribution is -2.39. The third-order valence-corrected chi connectivity index (χ3v) is 7.83. The minimum atomic E-state index is 0.338. The van der Waals surface area contributed by atoms with E-state index in [9.17, 15) is 0 Å². The minimum Gasteiger partial charge on any atom is -0.382 e. The zero-order chi connectivity index (χ0) is 19.1. The maximum absolute atomic E-state index is 6.22. The molecule has 7 heteroatoms. The number of hydrogen-bond acceptors (Lipinski definition) is 6. The molecule has 146 valence electrons. The molecule has 0 amide bonds. The number of halogens is 1. The SMILES string of the molecule is Nc1nccc(Sc2cnc(N3CCC4(CC=C(C5CC5)C4)CC3)cn2)c1Cl. The van der Waals surface area contributed by atoms with Gasteiger partial charge in [0.2, 0.25) is 0 Å². The molecular weight excluding hydrogens is 390 g/mol. The second-order valence-corrected chi connectivity index (χ2v) is 9.68. The van der Waals surface area contributed by atoms with E-state index in [0.29, 0.717) is 16.3 Å². The summed E-state index contributed by atoms with van der Waals surface area (Å²) in [6.07, 6.45) is 15.9. The van der Waals surface area contributed by atoms with Gasteiger partial charge in [0.25, 0.3) is 0 Å². The topological polar surface area (TPSA) is 67.9 Å². The quantitative estimate of drug-likeness (QED) is 0.713. The molecule has 1 spiro atoms. The molecule has 2 aromatic heterocycles. The average molecular weight is 414 g/mol. The molecule has 2 aromatic rings. The van der Waals surface area contributed by atoms with E-state index in [0.717, 1.165) is 34.7 Å². The fourth-order valence-corrected chi connectivity index (χ4v) is 5.43. The molecule has 0 unspecified atom stereocenters. The van der Waals surface area contributed by atoms with Gasteiger partial charge in [0.15, 0.2) is 0 Å². The van der Waals surface area contributed by atoms with Crippen molar-refractivity contribution in [2.24, 2.45) is 11.3 Å². The molecule has 0 aromatic carbocycles. The van der Waals surface area contributed by atoms with Crippen LogP contribution in [0.5, 0.6) is 0 Å². The van der Waals surface area contributed by atoms with Crippen LogP contribution in [-0.4, -0.2) is 28.0 Å². The van der Waals surface area contributed by atoms with Crippen molar-refractivity contribution in [1.29, 1.82) is 0 Å². The Bertz CT molecular complexity index is 902. The molecule has 2 aliphatic carbocycles. The average Bonchev–Trinajstić information content (AvgIpc) is 3.49. The zero-order valence-electron chi connectivity index (χ0n) is 15.8. The highest BCUT2D eigenvalue weighted by molar-refractivity contribution is 7.99. The first kappa shape index (κ1) is 18.3. The van der Waals surface area contributed by atoms with Crippen molar-refractivity contribution in [1.82, 2.24) is 15.0 Å². The smallest absolute Gasteiger partial charge is 0.147 e. The Kier molecular flexibility index (Phi) is 4.71. The van der Waals surface area contributed by atoms with Crippen LogP contribution in [0.4, 0.5) is 11.6 Å². The second kappa shape index (κ2) is 7.23. The predicted molar refractivity (Wildman–Crippen MR) is 114 cm³/mol. The van der Waals surface area contributed by atoms with Crippen LogP contribution in [-0.2, 0) is 0 Å². The van der Waals surface area contributed by atoms with Crippen molar-refractivity contribution in [3.05, 3.63) is 41.3 Å². The fraction of sp³-hybridized carbons (Fsp3) is 0.476. The Morgan fingerprint density at radius 2 is 1.96 bits per heavy atom. The maximum Gasteiger partial charge on any atom is 0.147 e. The summed E-state index contributed by atoms with van der Waals surface area (Å²) in [7, 11) is 0. The van der Waals surface area contributed by atoms with Crippen molar-refractivity contribution >= 4 is 35.0 Å². The van der Waals surface area contributed by atoms with Crippen LogP contribution < -0.4 is 10.6 Å². The van der Waals surface area contributed by atoms with Gasteiger partial charge in [0.05, 0.1) is 17.4 Å². The number of anilines is 2. The van der Waals surface area contributed by atoms with E-state index >= 15 is 0 Å². The van der Waals surface area contributed by atoms with Gasteiger partial charge in [-0.2, -0.15) is 0 Å². The molecule has 2 N–H and O–H groups in total. The van der Waals surface area contributed by atoms with Gasteiger partial charge in [0, 0.05) is 24.2 Å². The Morgan fingerprint density at radius 3 is 2.68 bits per heavy atom. The maximum atomic E-state index is 6.22. The molecule has 5 nitrogen and oxygen atoms in total. The summed E-state index contributed by atoms with van der Waals surface area (Å²) in [5, 5.41) is 1.27. The van der Waals surface area contributed by atoms with E-state index in [4.69, 9.17) is 17.3 Å². The van der Waals surface area contributed by atoms with Crippen molar-refractivity contribution in [3.63, 3.8) is 0 Å². The second-order valence-electron chi connectivity index (χ2n) is 8.24. The van der Waals surface area contributed by atoms with Crippen molar-refractivity contribution < 1.29 is 0 Å². The van der Waals surface area contributed by atoms with Gasteiger partial charge in [-0.25, -0.2) is 15.0 Å². The summed E-state index contributed by atoms with van der Waals surface area (Å²) in [5.74, 6) is 2.23. The summed E-state index contributed by atoms with van der Waals surface area (Å²) in [6.45, 7) is 2.14. The summed E-state index contributed by atoms with van der Waals surface area (Å²) >= 11 is 7.68. The van der Waals surface area contributed by atoms with Gasteiger partial charge in [0.1, 0.15) is 16.7 Å². The zero-order valence-corrected chi connectivity index (χ0v) is 17.3. The molecule has 1 saturated carbocycles. The monoisotopic (exact) mass is 413 g/mol. The Morgan fingerprint density at radius 1 is 1.14 bits per heavy atom. The number of rotatable bonds is 4. The van der Waals surface area contributed by atoms with Crippen LogP contribution in [0.25, 0.3) is 0 Å². The van der Waals surface area contributed by atoms with E-state index in [1.807, 2.05) is 18.5 Å². The molecule has 5 rings (SSSR count). The summed E-state index contributed by atoms with van der Waals surface area (Å²) in [4.78, 5) is 16.4. The van der Waals surface area contributed by atoms with Gasteiger partial charge in [-0.15, -0.1) is 0 Å². The standard InChI is InChI=1S/C21H24ClN5S/c22-19-16(4-8-24-20(19)23)28-18-13-25-17(12-26-18)27-9-6-21(7-10-27)5-3-15(11-21)14-1-2-14/h3-4,8,12-14H,1-2,5-7,9-11H2,(H2,23,24). The number of pyridine rings is 1. The Balaban J connectivity index is 1.20. The van der Waals surface area contributed by atoms with Gasteiger partial charge >= 0.3 is 0 Å². The molecule has 0 radical (unpaired) electrons. The highest BCUT2D eigenvalue weighted by Gasteiger charge is 2.41. The number of nitrogen functional groups attached to an aromatic ring is 1. The predicted octanol–water partition coefficient (Wildman–Crippen LogP) is 4.98. The molecule has 2 fully saturated rings. The van der Waals surface area contributed by atoms with Crippen molar-refractivity contribution in [2.45, 2.75) is 48.4 Å². The summed E-state index contributed by atoms with van der Waals surface area (Å²) < 4.78 is 0. The third kappa shape index (κ3) is 3.60. The number of piperidine rings is 1. The Hall–Kier alpha value is -1.79. The highest BCUT2D eigenvalue weighted by Crippen LogP contribution is 2.52. The van der Waals surface area contributed by atoms with E-state index in [1.165, 1.54) is 50.3 Å². The molecule has 3 aliphatic rings. The molecule has 1 aliphatic heterocycles. The molecule has 1 saturated heterocycles. The van der Waals surface area contributed by atoms with Crippen LogP contribution in [0.1, 0.15) is 38.5 Å².